The second kappa shape index (κ2) is 17.1. The van der Waals surface area contributed by atoms with Crippen LogP contribution in [0, 0.1) is 0 Å². The number of carbonyl (C=O) groups is 1. The van der Waals surface area contributed by atoms with Gasteiger partial charge in [-0.25, -0.2) is 4.79 Å². The molecule has 0 aromatic rings. The topological polar surface area (TPSA) is 26.3 Å². The van der Waals surface area contributed by atoms with Gasteiger partial charge in [0.25, 0.3) is 0 Å². The van der Waals surface area contributed by atoms with Gasteiger partial charge < -0.3 is 4.74 Å². The monoisotopic (exact) mass is 374 g/mol. The van der Waals surface area contributed by atoms with Gasteiger partial charge in [-0.2, -0.15) is 0 Å². The normalized spacial score (nSPS) is 12.7. The van der Waals surface area contributed by atoms with E-state index in [9.17, 15) is 4.79 Å². The van der Waals surface area contributed by atoms with E-state index >= 15 is 0 Å². The number of allylic oxidation sites excluding steroid dienone is 1. The first-order valence-electron chi connectivity index (χ1n) is 9.13. The Morgan fingerprint density at radius 2 is 1.64 bits per heavy atom. The van der Waals surface area contributed by atoms with Gasteiger partial charge in [-0.1, -0.05) is 73.9 Å². The third-order valence-corrected chi connectivity index (χ3v) is 4.35. The number of hydrogen-bond donors (Lipinski definition) is 0. The highest BCUT2D eigenvalue weighted by Crippen LogP contribution is 2.10. The number of alkyl halides is 1. The lowest BCUT2D eigenvalue weighted by Gasteiger charge is -2.11. The van der Waals surface area contributed by atoms with Crippen molar-refractivity contribution in [1.82, 2.24) is 0 Å². The van der Waals surface area contributed by atoms with E-state index in [-0.39, 0.29) is 12.1 Å². The molecule has 130 valence electrons. The number of unbranched alkanes of at least 4 members (excludes halogenated alkanes) is 9. The molecular weight excluding hydrogens is 340 g/mol. The van der Waals surface area contributed by atoms with Crippen molar-refractivity contribution in [2.24, 2.45) is 0 Å². The summed E-state index contributed by atoms with van der Waals surface area (Å²) in [6.45, 7) is 4.22. The second-order valence-corrected chi connectivity index (χ2v) is 6.89. The van der Waals surface area contributed by atoms with E-state index in [0.717, 1.165) is 24.6 Å². The molecule has 0 fully saturated rings. The molecular formula is C19H35BrO2. The Morgan fingerprint density at radius 1 is 1.00 bits per heavy atom. The lowest BCUT2D eigenvalue weighted by molar-refractivity contribution is -0.142. The summed E-state index contributed by atoms with van der Waals surface area (Å²) >= 11 is 3.44. The van der Waals surface area contributed by atoms with Gasteiger partial charge in [0.1, 0.15) is 0 Å². The third kappa shape index (κ3) is 16.1. The van der Waals surface area contributed by atoms with Gasteiger partial charge in [0.05, 0.1) is 6.10 Å². The molecule has 0 heterocycles. The predicted molar refractivity (Wildman–Crippen MR) is 99.6 cm³/mol. The number of ether oxygens (including phenoxy) is 1. The summed E-state index contributed by atoms with van der Waals surface area (Å²) in [6.07, 6.45) is 18.2. The van der Waals surface area contributed by atoms with Gasteiger partial charge in [-0.15, -0.1) is 0 Å². The van der Waals surface area contributed by atoms with Crippen LogP contribution < -0.4 is 0 Å². The maximum absolute atomic E-state index is 11.6. The summed E-state index contributed by atoms with van der Waals surface area (Å²) in [5.41, 5.74) is 0. The lowest BCUT2D eigenvalue weighted by Crippen LogP contribution is -2.12. The van der Waals surface area contributed by atoms with Crippen LogP contribution in [0.1, 0.15) is 90.9 Å². The van der Waals surface area contributed by atoms with Crippen molar-refractivity contribution in [3.63, 3.8) is 0 Å². The fraction of sp³-hybridized carbons (Fsp3) is 0.842. The Balaban J connectivity index is 3.47. The number of halogens is 1. The van der Waals surface area contributed by atoms with Crippen molar-refractivity contribution < 1.29 is 9.53 Å². The van der Waals surface area contributed by atoms with Gasteiger partial charge in [-0.3, -0.25) is 0 Å². The summed E-state index contributed by atoms with van der Waals surface area (Å²) in [5.74, 6) is -0.182. The van der Waals surface area contributed by atoms with E-state index in [4.69, 9.17) is 4.74 Å². The minimum atomic E-state index is -0.182. The standard InChI is InChI=1S/C19H35BrO2/c1-3-4-5-6-7-8-9-13-16-19(21)22-18(2)15-12-10-11-14-17-20/h13,16,18H,3-12,14-15,17H2,1-2H3/b16-13+. The van der Waals surface area contributed by atoms with Crippen molar-refractivity contribution in [1.29, 1.82) is 0 Å². The lowest BCUT2D eigenvalue weighted by atomic mass is 10.1. The summed E-state index contributed by atoms with van der Waals surface area (Å²) in [4.78, 5) is 11.6. The van der Waals surface area contributed by atoms with Crippen LogP contribution in [0.4, 0.5) is 0 Å². The number of esters is 1. The van der Waals surface area contributed by atoms with E-state index < -0.39 is 0 Å². The van der Waals surface area contributed by atoms with Crippen LogP contribution in [0.15, 0.2) is 12.2 Å². The van der Waals surface area contributed by atoms with E-state index in [1.54, 1.807) is 6.08 Å². The molecule has 0 radical (unpaired) electrons. The fourth-order valence-electron chi connectivity index (χ4n) is 2.40. The van der Waals surface area contributed by atoms with Crippen molar-refractivity contribution in [2.45, 2.75) is 97.0 Å². The van der Waals surface area contributed by atoms with Crippen molar-refractivity contribution in [3.05, 3.63) is 12.2 Å². The summed E-state index contributed by atoms with van der Waals surface area (Å²) in [7, 11) is 0. The van der Waals surface area contributed by atoms with E-state index in [0.29, 0.717) is 0 Å². The molecule has 0 saturated heterocycles. The third-order valence-electron chi connectivity index (χ3n) is 3.79. The maximum atomic E-state index is 11.6. The molecule has 0 aliphatic carbocycles. The van der Waals surface area contributed by atoms with Gasteiger partial charge in [0.15, 0.2) is 0 Å². The summed E-state index contributed by atoms with van der Waals surface area (Å²) < 4.78 is 5.38. The van der Waals surface area contributed by atoms with Crippen LogP contribution in [0.3, 0.4) is 0 Å². The molecule has 0 amide bonds. The summed E-state index contributed by atoms with van der Waals surface area (Å²) in [6, 6.07) is 0. The first-order valence-corrected chi connectivity index (χ1v) is 10.3. The molecule has 0 aromatic carbocycles. The molecule has 22 heavy (non-hydrogen) atoms. The number of carbonyl (C=O) groups excluding carboxylic acids is 1. The first kappa shape index (κ1) is 21.7. The first-order chi connectivity index (χ1) is 10.7. The highest BCUT2D eigenvalue weighted by atomic mass is 79.9. The van der Waals surface area contributed by atoms with Crippen LogP contribution in [-0.2, 0) is 9.53 Å². The van der Waals surface area contributed by atoms with E-state index in [2.05, 4.69) is 22.9 Å². The average Bonchev–Trinajstić information content (AvgIpc) is 2.49. The van der Waals surface area contributed by atoms with Crippen LogP contribution in [-0.4, -0.2) is 17.4 Å². The van der Waals surface area contributed by atoms with E-state index in [1.165, 1.54) is 57.8 Å². The molecule has 0 saturated carbocycles. The fourth-order valence-corrected chi connectivity index (χ4v) is 2.79. The molecule has 0 aromatic heterocycles. The van der Waals surface area contributed by atoms with Gasteiger partial charge in [-0.05, 0) is 39.0 Å². The Morgan fingerprint density at radius 3 is 2.36 bits per heavy atom. The highest BCUT2D eigenvalue weighted by molar-refractivity contribution is 9.09. The van der Waals surface area contributed by atoms with Gasteiger partial charge >= 0.3 is 5.97 Å². The quantitative estimate of drug-likeness (QED) is 0.140. The molecule has 1 unspecified atom stereocenters. The van der Waals surface area contributed by atoms with Crippen LogP contribution >= 0.6 is 15.9 Å². The Bertz CT molecular complexity index is 277. The van der Waals surface area contributed by atoms with Crippen molar-refractivity contribution in [3.8, 4) is 0 Å². The van der Waals surface area contributed by atoms with Gasteiger partial charge in [0.2, 0.25) is 0 Å². The van der Waals surface area contributed by atoms with Crippen LogP contribution in [0.5, 0.6) is 0 Å². The minimum absolute atomic E-state index is 0.0372. The molecule has 0 spiro atoms. The number of rotatable bonds is 15. The molecule has 0 aliphatic rings. The van der Waals surface area contributed by atoms with Crippen LogP contribution in [0.25, 0.3) is 0 Å². The molecule has 3 heteroatoms. The number of hydrogen-bond acceptors (Lipinski definition) is 2. The Hall–Kier alpha value is -0.310. The Kier molecular flexibility index (Phi) is 16.8. The SMILES string of the molecule is CCCCCCCC/C=C/C(=O)OC(C)CCCCCCBr. The molecule has 2 nitrogen and oxygen atoms in total. The highest BCUT2D eigenvalue weighted by Gasteiger charge is 2.06. The maximum Gasteiger partial charge on any atom is 0.330 e. The average molecular weight is 375 g/mol. The molecule has 0 bridgehead atoms. The molecule has 0 aliphatic heterocycles. The zero-order chi connectivity index (χ0) is 16.5. The molecule has 0 rings (SSSR count). The zero-order valence-corrected chi connectivity index (χ0v) is 16.2. The second-order valence-electron chi connectivity index (χ2n) is 6.10. The van der Waals surface area contributed by atoms with E-state index in [1.807, 2.05) is 13.0 Å². The molecule has 1 atom stereocenters. The van der Waals surface area contributed by atoms with Gasteiger partial charge in [0, 0.05) is 11.4 Å². The Labute approximate surface area is 146 Å². The smallest absolute Gasteiger partial charge is 0.330 e. The minimum Gasteiger partial charge on any atom is -0.460 e. The zero-order valence-electron chi connectivity index (χ0n) is 14.6. The molecule has 0 N–H and O–H groups in total. The van der Waals surface area contributed by atoms with Crippen LogP contribution in [0.2, 0.25) is 0 Å². The predicted octanol–water partition coefficient (Wildman–Crippen LogP) is 6.57. The largest absolute Gasteiger partial charge is 0.460 e. The van der Waals surface area contributed by atoms with Crippen molar-refractivity contribution in [2.75, 3.05) is 5.33 Å². The van der Waals surface area contributed by atoms with Crippen molar-refractivity contribution >= 4 is 21.9 Å². The summed E-state index contributed by atoms with van der Waals surface area (Å²) in [5, 5.41) is 1.08.